The molecule has 31 heavy (non-hydrogen) atoms. The Balaban J connectivity index is 1.34. The van der Waals surface area contributed by atoms with Crippen LogP contribution < -0.4 is 10.2 Å². The highest BCUT2D eigenvalue weighted by molar-refractivity contribution is 6.02. The normalized spacial score (nSPS) is 21.8. The third kappa shape index (κ3) is 3.45. The van der Waals surface area contributed by atoms with E-state index in [1.807, 2.05) is 12.1 Å². The van der Waals surface area contributed by atoms with Crippen LogP contribution in [0.2, 0.25) is 0 Å². The van der Waals surface area contributed by atoms with Crippen LogP contribution in [0.3, 0.4) is 0 Å². The van der Waals surface area contributed by atoms with Crippen LogP contribution in [-0.2, 0) is 11.3 Å². The number of benzene rings is 1. The number of hydrogen-bond acceptors (Lipinski definition) is 4. The van der Waals surface area contributed by atoms with Crippen molar-refractivity contribution in [3.8, 4) is 0 Å². The van der Waals surface area contributed by atoms with Gasteiger partial charge in [0, 0.05) is 13.2 Å². The van der Waals surface area contributed by atoms with Gasteiger partial charge in [0.05, 0.1) is 12.7 Å². The third-order valence-electron chi connectivity index (χ3n) is 5.88. The lowest BCUT2D eigenvalue weighted by Crippen LogP contribution is -2.48. The number of rotatable bonds is 4. The van der Waals surface area contributed by atoms with Crippen molar-refractivity contribution >= 4 is 17.6 Å². The van der Waals surface area contributed by atoms with Gasteiger partial charge in [0.2, 0.25) is 0 Å². The van der Waals surface area contributed by atoms with E-state index in [1.165, 1.54) is 21.7 Å². The van der Waals surface area contributed by atoms with E-state index in [2.05, 4.69) is 15.4 Å². The molecule has 0 bridgehead atoms. The molecule has 7 nitrogen and oxygen atoms in total. The fourth-order valence-corrected chi connectivity index (χ4v) is 4.20. The number of aromatic nitrogens is 3. The Kier molecular flexibility index (Phi) is 4.53. The highest BCUT2D eigenvalue weighted by Gasteiger charge is 2.52. The maximum absolute atomic E-state index is 14.4. The minimum absolute atomic E-state index is 0.0614. The first-order valence-electron chi connectivity index (χ1n) is 9.93. The molecule has 1 aliphatic heterocycles. The summed E-state index contributed by atoms with van der Waals surface area (Å²) in [7, 11) is 1.62. The molecule has 1 aromatic carbocycles. The summed E-state index contributed by atoms with van der Waals surface area (Å²) in [6.45, 7) is 0.182. The molecule has 0 spiro atoms. The van der Waals surface area contributed by atoms with Crippen molar-refractivity contribution in [3.05, 3.63) is 77.2 Å². The minimum Gasteiger partial charge on any atom is -0.338 e. The van der Waals surface area contributed by atoms with Crippen molar-refractivity contribution in [1.29, 1.82) is 0 Å². The van der Waals surface area contributed by atoms with E-state index in [-0.39, 0.29) is 35.8 Å². The number of halogens is 2. The average Bonchev–Trinajstić information content (AvgIpc) is 3.48. The Labute approximate surface area is 176 Å². The van der Waals surface area contributed by atoms with Crippen LogP contribution in [-0.4, -0.2) is 39.7 Å². The van der Waals surface area contributed by atoms with Gasteiger partial charge in [-0.05, 0) is 47.6 Å². The van der Waals surface area contributed by atoms with E-state index in [0.717, 1.165) is 18.2 Å². The lowest BCUT2D eigenvalue weighted by molar-refractivity contribution is -0.120. The van der Waals surface area contributed by atoms with Crippen molar-refractivity contribution in [3.63, 3.8) is 0 Å². The molecule has 1 aliphatic carbocycles. The standard InChI is InChI=1S/C22H19F2N5O2/c1-28-20-14(3-2-8-25-20)15-9-16(15)18(22(28)31)26-21(30)19-17(24)11-29(27-19)10-12-4-6-13(23)7-5-12/h2-8,11,15-16,18H,9-10H2,1H3,(H,26,30)/t15?,16-,18?/m0/s1. The zero-order valence-electron chi connectivity index (χ0n) is 16.6. The third-order valence-corrected chi connectivity index (χ3v) is 5.88. The van der Waals surface area contributed by atoms with Crippen molar-refractivity contribution < 1.29 is 18.4 Å². The lowest BCUT2D eigenvalue weighted by atomic mass is 10.1. The Morgan fingerprint density at radius 2 is 2.00 bits per heavy atom. The molecule has 5 rings (SSSR count). The summed E-state index contributed by atoms with van der Waals surface area (Å²) in [5.41, 5.74) is 1.31. The van der Waals surface area contributed by atoms with Gasteiger partial charge >= 0.3 is 0 Å². The second kappa shape index (κ2) is 7.26. The van der Waals surface area contributed by atoms with Gasteiger partial charge in [0.25, 0.3) is 11.8 Å². The van der Waals surface area contributed by atoms with Gasteiger partial charge < -0.3 is 5.32 Å². The topological polar surface area (TPSA) is 80.1 Å². The maximum atomic E-state index is 14.4. The summed E-state index contributed by atoms with van der Waals surface area (Å²) in [6.07, 6.45) is 3.49. The highest BCUT2D eigenvalue weighted by atomic mass is 19.1. The second-order valence-corrected chi connectivity index (χ2v) is 7.92. The van der Waals surface area contributed by atoms with E-state index in [9.17, 15) is 18.4 Å². The molecule has 158 valence electrons. The van der Waals surface area contributed by atoms with E-state index in [1.54, 1.807) is 25.4 Å². The maximum Gasteiger partial charge on any atom is 0.275 e. The SMILES string of the molecule is CN1C(=O)C(NC(=O)c2nn(Cc3ccc(F)cc3)cc2F)[C@H]2CC2c2cccnc21. The zero-order chi connectivity index (χ0) is 21.7. The molecule has 2 aromatic heterocycles. The van der Waals surface area contributed by atoms with E-state index >= 15 is 0 Å². The summed E-state index contributed by atoms with van der Waals surface area (Å²) < 4.78 is 28.8. The molecule has 1 N–H and O–H groups in total. The monoisotopic (exact) mass is 423 g/mol. The Morgan fingerprint density at radius 3 is 2.77 bits per heavy atom. The van der Waals surface area contributed by atoms with Crippen LogP contribution in [0.1, 0.15) is 34.0 Å². The van der Waals surface area contributed by atoms with Crippen LogP contribution in [0.5, 0.6) is 0 Å². The summed E-state index contributed by atoms with van der Waals surface area (Å²) >= 11 is 0. The molecule has 3 heterocycles. The summed E-state index contributed by atoms with van der Waals surface area (Å²) in [6, 6.07) is 8.72. The van der Waals surface area contributed by atoms with Gasteiger partial charge in [0.15, 0.2) is 11.5 Å². The molecule has 3 aromatic rings. The fourth-order valence-electron chi connectivity index (χ4n) is 4.20. The summed E-state index contributed by atoms with van der Waals surface area (Å²) in [5.74, 6) is -1.53. The van der Waals surface area contributed by atoms with Crippen molar-refractivity contribution in [2.75, 3.05) is 11.9 Å². The number of nitrogens with zero attached hydrogens (tertiary/aromatic N) is 4. The Morgan fingerprint density at radius 1 is 1.23 bits per heavy atom. The minimum atomic E-state index is -0.786. The van der Waals surface area contributed by atoms with Crippen LogP contribution in [0.15, 0.2) is 48.8 Å². The van der Waals surface area contributed by atoms with Crippen LogP contribution in [0.4, 0.5) is 14.6 Å². The average molecular weight is 423 g/mol. The largest absolute Gasteiger partial charge is 0.338 e. The highest BCUT2D eigenvalue weighted by Crippen LogP contribution is 2.53. The number of amides is 2. The van der Waals surface area contributed by atoms with E-state index in [0.29, 0.717) is 11.4 Å². The first-order valence-corrected chi connectivity index (χ1v) is 9.93. The molecule has 0 saturated heterocycles. The predicted molar refractivity (Wildman–Crippen MR) is 107 cm³/mol. The molecule has 2 unspecified atom stereocenters. The summed E-state index contributed by atoms with van der Waals surface area (Å²) in [5, 5.41) is 6.72. The van der Waals surface area contributed by atoms with Gasteiger partial charge in [0.1, 0.15) is 17.7 Å². The first-order chi connectivity index (χ1) is 14.9. The molecule has 1 fully saturated rings. The number of nitrogens with one attached hydrogen (secondary N) is 1. The van der Waals surface area contributed by atoms with Crippen molar-refractivity contribution in [2.45, 2.75) is 24.9 Å². The van der Waals surface area contributed by atoms with Crippen molar-refractivity contribution in [2.24, 2.45) is 5.92 Å². The van der Waals surface area contributed by atoms with Crippen LogP contribution in [0, 0.1) is 17.6 Å². The zero-order valence-corrected chi connectivity index (χ0v) is 16.6. The number of carbonyl (C=O) groups excluding carboxylic acids is 2. The van der Waals surface area contributed by atoms with Gasteiger partial charge in [-0.1, -0.05) is 18.2 Å². The molecular weight excluding hydrogens is 404 g/mol. The van der Waals surface area contributed by atoms with E-state index in [4.69, 9.17) is 0 Å². The molecule has 3 atom stereocenters. The molecular formula is C22H19F2N5O2. The molecule has 1 saturated carbocycles. The lowest BCUT2D eigenvalue weighted by Gasteiger charge is -2.22. The molecule has 9 heteroatoms. The van der Waals surface area contributed by atoms with Gasteiger partial charge in [-0.2, -0.15) is 5.10 Å². The number of carbonyl (C=O) groups is 2. The van der Waals surface area contributed by atoms with Crippen LogP contribution in [0.25, 0.3) is 0 Å². The first kappa shape index (κ1) is 19.3. The Hall–Kier alpha value is -3.62. The van der Waals surface area contributed by atoms with Crippen LogP contribution >= 0.6 is 0 Å². The number of hydrogen-bond donors (Lipinski definition) is 1. The molecule has 2 aliphatic rings. The fraction of sp³-hybridized carbons (Fsp3) is 0.273. The smallest absolute Gasteiger partial charge is 0.275 e. The number of anilines is 1. The number of fused-ring (bicyclic) bond motifs is 3. The van der Waals surface area contributed by atoms with Crippen molar-refractivity contribution in [1.82, 2.24) is 20.1 Å². The Bertz CT molecular complexity index is 1180. The quantitative estimate of drug-likeness (QED) is 0.699. The summed E-state index contributed by atoms with van der Waals surface area (Å²) in [4.78, 5) is 31.5. The second-order valence-electron chi connectivity index (χ2n) is 7.92. The molecule has 0 radical (unpaired) electrons. The van der Waals surface area contributed by atoms with E-state index < -0.39 is 17.8 Å². The number of likely N-dealkylation sites (N-methyl/N-ethyl adjacent to an activating group) is 1. The molecule has 2 amide bonds. The predicted octanol–water partition coefficient (Wildman–Crippen LogP) is 2.48. The van der Waals surface area contributed by atoms with Gasteiger partial charge in [-0.3, -0.25) is 19.2 Å². The van der Waals surface area contributed by atoms with Gasteiger partial charge in [-0.15, -0.1) is 0 Å². The number of pyridine rings is 1. The van der Waals surface area contributed by atoms with Gasteiger partial charge in [-0.25, -0.2) is 13.8 Å².